The normalized spacial score (nSPS) is 13.4. The van der Waals surface area contributed by atoms with Crippen LogP contribution in [0.3, 0.4) is 0 Å². The van der Waals surface area contributed by atoms with Crippen LogP contribution in [0.5, 0.6) is 23.0 Å². The molecule has 2 aliphatic carbocycles. The largest absolute Gasteiger partial charge is 0.508 e. The molecule has 0 fully saturated rings. The summed E-state index contributed by atoms with van der Waals surface area (Å²) in [7, 11) is 0. The Hall–Kier alpha value is -8.93. The third kappa shape index (κ3) is 10.5. The first kappa shape index (κ1) is 57.3. The zero-order valence-electron chi connectivity index (χ0n) is 49.6. The molecule has 12 rings (SSSR count). The van der Waals surface area contributed by atoms with E-state index in [-0.39, 0.29) is 5.92 Å². The first-order valence-electron chi connectivity index (χ1n) is 29.1. The highest BCUT2D eigenvalue weighted by Crippen LogP contribution is 2.59. The van der Waals surface area contributed by atoms with Gasteiger partial charge in [-0.3, -0.25) is 4.79 Å². The van der Waals surface area contributed by atoms with Gasteiger partial charge >= 0.3 is 0 Å². The molecule has 0 aliphatic heterocycles. The van der Waals surface area contributed by atoms with Gasteiger partial charge in [0.2, 0.25) is 0 Å². The van der Waals surface area contributed by atoms with E-state index in [2.05, 4.69) is 192 Å². The number of carbonyl (C=O) groups is 1. The van der Waals surface area contributed by atoms with Crippen molar-refractivity contribution in [1.82, 2.24) is 0 Å². The van der Waals surface area contributed by atoms with Crippen molar-refractivity contribution in [3.05, 3.63) is 306 Å². The number of fused-ring (bicyclic) bond motifs is 6. The summed E-state index contributed by atoms with van der Waals surface area (Å²) in [4.78, 5) is 10.3. The predicted octanol–water partition coefficient (Wildman–Crippen LogP) is 18.5. The number of aldehydes is 1. The molecule has 0 radical (unpaired) electrons. The number of phenols is 4. The number of aromatic hydroxyl groups is 4. The van der Waals surface area contributed by atoms with Crippen LogP contribution in [0, 0.1) is 46.5 Å². The zero-order chi connectivity index (χ0) is 58.9. The molecular formula is C78H76O5. The second kappa shape index (κ2) is 23.5. The molecule has 0 bridgehead atoms. The van der Waals surface area contributed by atoms with Crippen molar-refractivity contribution in [3.8, 4) is 45.3 Å². The van der Waals surface area contributed by atoms with E-state index in [0.29, 0.717) is 34.8 Å². The lowest BCUT2D eigenvalue weighted by Gasteiger charge is -2.35. The molecule has 5 heteroatoms. The summed E-state index contributed by atoms with van der Waals surface area (Å²) in [6.07, 6.45) is 3.01. The molecule has 2 aliphatic rings. The highest BCUT2D eigenvalue weighted by Gasteiger charge is 2.48. The Labute approximate surface area is 491 Å². The van der Waals surface area contributed by atoms with Crippen molar-refractivity contribution in [1.29, 1.82) is 0 Å². The SMILES string of the molecule is CC(C)Cc1ccc(C=O)cc1.Cc1cc(C2(c3cc(C)c(O)c(C(C)c4ccc(CC(C)C)cc4)c3)c3ccccc3-c3ccccc32)cc(C)c1O.Cc1cc(C2(c3ccc(O)c(C)c3)c3ccccc3-c3ccccc32)ccc1O. The third-order valence-electron chi connectivity index (χ3n) is 17.2. The zero-order valence-corrected chi connectivity index (χ0v) is 49.6. The van der Waals surface area contributed by atoms with Crippen LogP contribution < -0.4 is 0 Å². The van der Waals surface area contributed by atoms with Crippen molar-refractivity contribution in [2.45, 2.75) is 98.8 Å². The van der Waals surface area contributed by atoms with E-state index in [1.165, 1.54) is 61.2 Å². The van der Waals surface area contributed by atoms with Gasteiger partial charge in [0.1, 0.15) is 29.3 Å². The Balaban J connectivity index is 0.000000161. The molecule has 1 atom stereocenters. The van der Waals surface area contributed by atoms with Crippen LogP contribution in [0.2, 0.25) is 0 Å². The van der Waals surface area contributed by atoms with Crippen molar-refractivity contribution >= 4 is 6.29 Å². The van der Waals surface area contributed by atoms with E-state index in [0.717, 1.165) is 80.3 Å². The minimum absolute atomic E-state index is 0.00369. The van der Waals surface area contributed by atoms with E-state index in [9.17, 15) is 25.2 Å². The fourth-order valence-electron chi connectivity index (χ4n) is 13.1. The van der Waals surface area contributed by atoms with E-state index < -0.39 is 10.8 Å². The number of aryl methyl sites for hydroxylation is 5. The Kier molecular flexibility index (Phi) is 16.2. The van der Waals surface area contributed by atoms with Gasteiger partial charge < -0.3 is 20.4 Å². The van der Waals surface area contributed by atoms with E-state index >= 15 is 0 Å². The van der Waals surface area contributed by atoms with Crippen LogP contribution in [0.4, 0.5) is 0 Å². The first-order valence-corrected chi connectivity index (χ1v) is 29.1. The maximum Gasteiger partial charge on any atom is 0.150 e. The van der Waals surface area contributed by atoms with E-state index in [1.807, 2.05) is 71.0 Å². The number of carbonyl (C=O) groups excluding carboxylic acids is 1. The average Bonchev–Trinajstić information content (AvgIpc) is 3.09. The highest BCUT2D eigenvalue weighted by atomic mass is 16.3. The van der Waals surface area contributed by atoms with Gasteiger partial charge in [0.15, 0.2) is 0 Å². The molecule has 83 heavy (non-hydrogen) atoms. The Morgan fingerprint density at radius 1 is 0.373 bits per heavy atom. The molecule has 1 unspecified atom stereocenters. The Bertz CT molecular complexity index is 3840. The van der Waals surface area contributed by atoms with Gasteiger partial charge in [-0.25, -0.2) is 0 Å². The molecule has 10 aromatic carbocycles. The molecular weight excluding hydrogens is 1020 g/mol. The van der Waals surface area contributed by atoms with E-state index in [1.54, 1.807) is 12.1 Å². The molecule has 0 amide bonds. The highest BCUT2D eigenvalue weighted by molar-refractivity contribution is 5.88. The molecule has 5 nitrogen and oxygen atoms in total. The lowest BCUT2D eigenvalue weighted by molar-refractivity contribution is 0.112. The smallest absolute Gasteiger partial charge is 0.150 e. The van der Waals surface area contributed by atoms with Crippen LogP contribution in [-0.2, 0) is 23.7 Å². The second-order valence-corrected chi connectivity index (χ2v) is 23.9. The summed E-state index contributed by atoms with van der Waals surface area (Å²) < 4.78 is 0. The quantitative estimate of drug-likeness (QED) is 0.0968. The summed E-state index contributed by atoms with van der Waals surface area (Å²) >= 11 is 0. The first-order chi connectivity index (χ1) is 39.9. The summed E-state index contributed by atoms with van der Waals surface area (Å²) in [5, 5.41) is 42.6. The van der Waals surface area contributed by atoms with Gasteiger partial charge in [-0.15, -0.1) is 0 Å². The predicted molar refractivity (Wildman–Crippen MR) is 341 cm³/mol. The number of rotatable bonds is 11. The minimum Gasteiger partial charge on any atom is -0.508 e. The average molecular weight is 1090 g/mol. The summed E-state index contributed by atoms with van der Waals surface area (Å²) in [6, 6.07) is 71.5. The molecule has 4 N–H and O–H groups in total. The van der Waals surface area contributed by atoms with Crippen LogP contribution in [0.15, 0.2) is 206 Å². The molecule has 0 aromatic heterocycles. The monoisotopic (exact) mass is 1090 g/mol. The lowest BCUT2D eigenvalue weighted by Crippen LogP contribution is -2.29. The second-order valence-electron chi connectivity index (χ2n) is 23.9. The van der Waals surface area contributed by atoms with Gasteiger partial charge in [0, 0.05) is 17.0 Å². The van der Waals surface area contributed by atoms with Crippen LogP contribution in [0.1, 0.15) is 145 Å². The number of hydrogen-bond acceptors (Lipinski definition) is 5. The van der Waals surface area contributed by atoms with Crippen molar-refractivity contribution in [2.24, 2.45) is 11.8 Å². The van der Waals surface area contributed by atoms with Crippen LogP contribution in [-0.4, -0.2) is 26.7 Å². The maximum atomic E-state index is 11.5. The third-order valence-corrected chi connectivity index (χ3v) is 17.2. The van der Waals surface area contributed by atoms with Gasteiger partial charge in [0.25, 0.3) is 0 Å². The minimum atomic E-state index is -0.607. The van der Waals surface area contributed by atoms with Gasteiger partial charge in [-0.05, 0) is 189 Å². The van der Waals surface area contributed by atoms with E-state index in [4.69, 9.17) is 0 Å². The molecule has 0 heterocycles. The molecule has 418 valence electrons. The standard InChI is InChI=1S/C40H40O2.C27H22O2.C11H14O/c1-24(2)19-29-15-17-30(18-16-29)28(6)35-23-32(22-27(5)39(35)42)40(31-20-25(3)38(41)26(4)21-31)36-13-9-7-11-33(36)34-12-8-10-14-37(34)40;1-17-15-19(11-13-25(17)28)27(20-12-14-26(29)18(2)16-20)23-9-5-3-7-21(23)22-8-4-6-10-24(22)27;1-9(2)7-10-3-5-11(8-12)6-4-10/h7-18,20-24,28,41-42H,19H2,1-6H3;3-16,28-29H,1-2H3;3-6,8-9H,7H2,1-2H3. The van der Waals surface area contributed by atoms with Crippen LogP contribution >= 0.6 is 0 Å². The molecule has 0 saturated heterocycles. The van der Waals surface area contributed by atoms with Crippen LogP contribution in [0.25, 0.3) is 22.3 Å². The number of hydrogen-bond donors (Lipinski definition) is 4. The van der Waals surface area contributed by atoms with Gasteiger partial charge in [-0.1, -0.05) is 223 Å². The number of benzene rings is 10. The Morgan fingerprint density at radius 2 is 0.711 bits per heavy atom. The summed E-state index contributed by atoms with van der Waals surface area (Å²) in [5.74, 6) is 2.57. The molecule has 0 spiro atoms. The molecule has 10 aromatic rings. The molecule has 0 saturated carbocycles. The van der Waals surface area contributed by atoms with Gasteiger partial charge in [-0.2, -0.15) is 0 Å². The lowest BCUT2D eigenvalue weighted by atomic mass is 9.66. The maximum absolute atomic E-state index is 11.5. The van der Waals surface area contributed by atoms with Crippen molar-refractivity contribution < 1.29 is 25.2 Å². The Morgan fingerprint density at radius 3 is 1.08 bits per heavy atom. The fraction of sp³-hybridized carbons (Fsp3) is 0.218. The summed E-state index contributed by atoms with van der Waals surface area (Å²) in [5.41, 5.74) is 22.9. The summed E-state index contributed by atoms with van der Waals surface area (Å²) in [6.45, 7) is 20.9. The van der Waals surface area contributed by atoms with Crippen molar-refractivity contribution in [3.63, 3.8) is 0 Å². The fourth-order valence-corrected chi connectivity index (χ4v) is 13.1. The topological polar surface area (TPSA) is 98.0 Å². The number of phenolic OH excluding ortho intramolecular Hbond substituents is 4. The van der Waals surface area contributed by atoms with Gasteiger partial charge in [0.05, 0.1) is 10.8 Å². The van der Waals surface area contributed by atoms with Crippen molar-refractivity contribution in [2.75, 3.05) is 0 Å².